The standard InChI is InChI=1S/C17H16N2O2/c1-21-17-10-15(18-11-19-17)16(20)9-13-7-4-6-12-5-2-3-8-14(12)13/h2-8,10-11,16,20H,9H2,1H3. The molecule has 0 fully saturated rings. The number of hydrogen-bond acceptors (Lipinski definition) is 4. The van der Waals surface area contributed by atoms with Gasteiger partial charge >= 0.3 is 0 Å². The van der Waals surface area contributed by atoms with E-state index in [4.69, 9.17) is 4.74 Å². The normalized spacial score (nSPS) is 12.3. The SMILES string of the molecule is COc1cc(C(O)Cc2cccc3ccccc23)ncn1. The first kappa shape index (κ1) is 13.5. The maximum Gasteiger partial charge on any atom is 0.216 e. The third-order valence-corrected chi connectivity index (χ3v) is 3.51. The molecule has 1 unspecified atom stereocenters. The summed E-state index contributed by atoms with van der Waals surface area (Å²) >= 11 is 0. The highest BCUT2D eigenvalue weighted by molar-refractivity contribution is 5.85. The lowest BCUT2D eigenvalue weighted by Crippen LogP contribution is -2.05. The van der Waals surface area contributed by atoms with Crippen LogP contribution in [-0.2, 0) is 6.42 Å². The highest BCUT2D eigenvalue weighted by Crippen LogP contribution is 2.24. The van der Waals surface area contributed by atoms with E-state index in [0.29, 0.717) is 18.0 Å². The monoisotopic (exact) mass is 280 g/mol. The average molecular weight is 280 g/mol. The fourth-order valence-electron chi connectivity index (χ4n) is 2.43. The molecule has 106 valence electrons. The minimum absolute atomic E-state index is 0.456. The molecule has 0 spiro atoms. The van der Waals surface area contributed by atoms with Gasteiger partial charge in [-0.05, 0) is 16.3 Å². The van der Waals surface area contributed by atoms with E-state index in [-0.39, 0.29) is 0 Å². The van der Waals surface area contributed by atoms with Crippen molar-refractivity contribution in [2.75, 3.05) is 7.11 Å². The predicted molar refractivity (Wildman–Crippen MR) is 81.2 cm³/mol. The highest BCUT2D eigenvalue weighted by Gasteiger charge is 2.13. The van der Waals surface area contributed by atoms with Crippen LogP contribution in [0.3, 0.4) is 0 Å². The first-order valence-electron chi connectivity index (χ1n) is 6.78. The van der Waals surface area contributed by atoms with Gasteiger partial charge < -0.3 is 9.84 Å². The molecule has 1 heterocycles. The quantitative estimate of drug-likeness (QED) is 0.798. The van der Waals surface area contributed by atoms with E-state index in [2.05, 4.69) is 28.2 Å². The molecule has 1 atom stereocenters. The Labute approximate surface area is 123 Å². The van der Waals surface area contributed by atoms with Crippen LogP contribution in [0, 0.1) is 0 Å². The van der Waals surface area contributed by atoms with Crippen LogP contribution >= 0.6 is 0 Å². The number of aromatic nitrogens is 2. The summed E-state index contributed by atoms with van der Waals surface area (Å²) in [7, 11) is 1.54. The topological polar surface area (TPSA) is 55.2 Å². The molecule has 1 aromatic heterocycles. The molecule has 0 bridgehead atoms. The van der Waals surface area contributed by atoms with E-state index in [9.17, 15) is 5.11 Å². The molecule has 0 saturated carbocycles. The molecule has 0 aliphatic heterocycles. The van der Waals surface area contributed by atoms with Crippen LogP contribution in [0.2, 0.25) is 0 Å². The summed E-state index contributed by atoms with van der Waals surface area (Å²) < 4.78 is 5.06. The van der Waals surface area contributed by atoms with Gasteiger partial charge in [0.15, 0.2) is 0 Å². The first-order chi connectivity index (χ1) is 10.3. The molecule has 4 heteroatoms. The van der Waals surface area contributed by atoms with E-state index in [1.54, 1.807) is 13.2 Å². The van der Waals surface area contributed by atoms with Crippen LogP contribution in [0.4, 0.5) is 0 Å². The summed E-state index contributed by atoms with van der Waals surface area (Å²) in [5, 5.41) is 12.7. The van der Waals surface area contributed by atoms with Crippen LogP contribution in [0.25, 0.3) is 10.8 Å². The van der Waals surface area contributed by atoms with Crippen molar-refractivity contribution in [3.63, 3.8) is 0 Å². The maximum absolute atomic E-state index is 10.4. The van der Waals surface area contributed by atoms with Gasteiger partial charge in [-0.3, -0.25) is 0 Å². The third-order valence-electron chi connectivity index (χ3n) is 3.51. The smallest absolute Gasteiger partial charge is 0.216 e. The Morgan fingerprint density at radius 1 is 1.10 bits per heavy atom. The van der Waals surface area contributed by atoms with Crippen molar-refractivity contribution in [3.05, 3.63) is 66.1 Å². The predicted octanol–water partition coefficient (Wildman–Crippen LogP) is 2.91. The van der Waals surface area contributed by atoms with Crippen LogP contribution in [0.15, 0.2) is 54.9 Å². The zero-order chi connectivity index (χ0) is 14.7. The third kappa shape index (κ3) is 2.85. The van der Waals surface area contributed by atoms with E-state index in [0.717, 1.165) is 10.9 Å². The number of ether oxygens (including phenoxy) is 1. The number of aliphatic hydroxyl groups is 1. The number of hydrogen-bond donors (Lipinski definition) is 1. The second-order valence-corrected chi connectivity index (χ2v) is 4.84. The Kier molecular flexibility index (Phi) is 3.79. The first-order valence-corrected chi connectivity index (χ1v) is 6.78. The van der Waals surface area contributed by atoms with Gasteiger partial charge in [-0.25, -0.2) is 9.97 Å². The summed E-state index contributed by atoms with van der Waals surface area (Å²) in [5.74, 6) is 0.456. The summed E-state index contributed by atoms with van der Waals surface area (Å²) in [6.07, 6.45) is 1.22. The van der Waals surface area contributed by atoms with Crippen LogP contribution in [0.5, 0.6) is 5.88 Å². The van der Waals surface area contributed by atoms with Gasteiger partial charge in [0, 0.05) is 12.5 Å². The zero-order valence-corrected chi connectivity index (χ0v) is 11.7. The summed E-state index contributed by atoms with van der Waals surface area (Å²) in [4.78, 5) is 8.08. The fourth-order valence-corrected chi connectivity index (χ4v) is 2.43. The molecule has 3 aromatic rings. The number of methoxy groups -OCH3 is 1. The molecule has 0 amide bonds. The lowest BCUT2D eigenvalue weighted by molar-refractivity contribution is 0.173. The van der Waals surface area contributed by atoms with Crippen molar-refractivity contribution in [3.8, 4) is 5.88 Å². The van der Waals surface area contributed by atoms with Gasteiger partial charge in [0.2, 0.25) is 5.88 Å². The lowest BCUT2D eigenvalue weighted by Gasteiger charge is -2.12. The summed E-state index contributed by atoms with van der Waals surface area (Å²) in [5.41, 5.74) is 1.66. The Balaban J connectivity index is 1.90. The second kappa shape index (κ2) is 5.89. The molecule has 0 aliphatic carbocycles. The number of aliphatic hydroxyl groups excluding tert-OH is 1. The molecule has 0 radical (unpaired) electrons. The minimum atomic E-state index is -0.687. The van der Waals surface area contributed by atoms with E-state index < -0.39 is 6.10 Å². The highest BCUT2D eigenvalue weighted by atomic mass is 16.5. The summed E-state index contributed by atoms with van der Waals surface area (Å²) in [6, 6.07) is 15.9. The van der Waals surface area contributed by atoms with Gasteiger partial charge in [-0.15, -0.1) is 0 Å². The van der Waals surface area contributed by atoms with Crippen molar-refractivity contribution >= 4 is 10.8 Å². The van der Waals surface area contributed by atoms with Crippen LogP contribution < -0.4 is 4.74 Å². The van der Waals surface area contributed by atoms with Crippen molar-refractivity contribution in [1.82, 2.24) is 9.97 Å². The number of rotatable bonds is 4. The van der Waals surface area contributed by atoms with Crippen molar-refractivity contribution in [2.24, 2.45) is 0 Å². The minimum Gasteiger partial charge on any atom is -0.481 e. The Morgan fingerprint density at radius 3 is 2.76 bits per heavy atom. The maximum atomic E-state index is 10.4. The molecule has 0 aliphatic rings. The molecule has 0 saturated heterocycles. The number of fused-ring (bicyclic) bond motifs is 1. The van der Waals surface area contributed by atoms with Gasteiger partial charge in [-0.1, -0.05) is 42.5 Å². The molecule has 4 nitrogen and oxygen atoms in total. The second-order valence-electron chi connectivity index (χ2n) is 4.84. The average Bonchev–Trinajstić information content (AvgIpc) is 2.55. The Morgan fingerprint density at radius 2 is 1.90 bits per heavy atom. The molecule has 2 aromatic carbocycles. The number of nitrogens with zero attached hydrogens (tertiary/aromatic N) is 2. The molecular formula is C17H16N2O2. The number of benzene rings is 2. The van der Waals surface area contributed by atoms with Crippen LogP contribution in [-0.4, -0.2) is 22.2 Å². The van der Waals surface area contributed by atoms with Crippen molar-refractivity contribution in [2.45, 2.75) is 12.5 Å². The molecular weight excluding hydrogens is 264 g/mol. The van der Waals surface area contributed by atoms with Crippen molar-refractivity contribution in [1.29, 1.82) is 0 Å². The van der Waals surface area contributed by atoms with Gasteiger partial charge in [0.05, 0.1) is 12.8 Å². The molecule has 1 N–H and O–H groups in total. The van der Waals surface area contributed by atoms with Gasteiger partial charge in [-0.2, -0.15) is 0 Å². The van der Waals surface area contributed by atoms with Gasteiger partial charge in [0.25, 0.3) is 0 Å². The molecule has 3 rings (SSSR count). The van der Waals surface area contributed by atoms with E-state index >= 15 is 0 Å². The van der Waals surface area contributed by atoms with Crippen molar-refractivity contribution < 1.29 is 9.84 Å². The van der Waals surface area contributed by atoms with Crippen LogP contribution in [0.1, 0.15) is 17.4 Å². The Hall–Kier alpha value is -2.46. The van der Waals surface area contributed by atoms with E-state index in [1.165, 1.54) is 11.7 Å². The summed E-state index contributed by atoms with van der Waals surface area (Å²) in [6.45, 7) is 0. The van der Waals surface area contributed by atoms with E-state index in [1.807, 2.05) is 24.3 Å². The zero-order valence-electron chi connectivity index (χ0n) is 11.7. The lowest BCUT2D eigenvalue weighted by atomic mass is 9.99. The fraction of sp³-hybridized carbons (Fsp3) is 0.176. The molecule has 21 heavy (non-hydrogen) atoms. The largest absolute Gasteiger partial charge is 0.481 e. The van der Waals surface area contributed by atoms with Gasteiger partial charge in [0.1, 0.15) is 12.4 Å². The Bertz CT molecular complexity index is 753.